The van der Waals surface area contributed by atoms with Gasteiger partial charge in [0.2, 0.25) is 0 Å². The minimum Gasteiger partial charge on any atom is -0.497 e. The lowest BCUT2D eigenvalue weighted by Gasteiger charge is -2.07. The lowest BCUT2D eigenvalue weighted by molar-refractivity contribution is 0.415. The van der Waals surface area contributed by atoms with Crippen molar-refractivity contribution >= 4 is 21.2 Å². The number of fused-ring (bicyclic) bond motifs is 1. The normalized spacial score (nSPS) is 11.7. The van der Waals surface area contributed by atoms with E-state index in [2.05, 4.69) is 9.82 Å². The van der Waals surface area contributed by atoms with Gasteiger partial charge in [-0.25, -0.2) is 13.1 Å². The summed E-state index contributed by atoms with van der Waals surface area (Å²) in [5, 5.41) is 4.27. The largest absolute Gasteiger partial charge is 0.497 e. The number of methoxy groups -OCH3 is 1. The predicted molar refractivity (Wildman–Crippen MR) is 98.3 cm³/mol. The van der Waals surface area contributed by atoms with Gasteiger partial charge in [0.05, 0.1) is 7.11 Å². The number of sulfonamides is 1. The van der Waals surface area contributed by atoms with Gasteiger partial charge in [-0.15, -0.1) is 0 Å². The summed E-state index contributed by atoms with van der Waals surface area (Å²) in [5.74, 6) is 1.24. The Labute approximate surface area is 151 Å². The summed E-state index contributed by atoms with van der Waals surface area (Å²) in [6.07, 6.45) is 1.99. The molecule has 0 amide bonds. The quantitative estimate of drug-likeness (QED) is 0.709. The van der Waals surface area contributed by atoms with Gasteiger partial charge in [0.1, 0.15) is 22.0 Å². The summed E-state index contributed by atoms with van der Waals surface area (Å²) in [7, 11) is -2.31. The number of hydrogen-bond acceptors (Lipinski definition) is 5. The number of hydrogen-bond donors (Lipinski definition) is 1. The van der Waals surface area contributed by atoms with Crippen molar-refractivity contribution in [1.82, 2.24) is 14.2 Å². The molecule has 0 unspecified atom stereocenters. The van der Waals surface area contributed by atoms with Crippen molar-refractivity contribution < 1.29 is 13.2 Å². The van der Waals surface area contributed by atoms with Gasteiger partial charge in [0.15, 0.2) is 0 Å². The van der Waals surface area contributed by atoms with Gasteiger partial charge < -0.3 is 4.74 Å². The van der Waals surface area contributed by atoms with Crippen molar-refractivity contribution in [3.05, 3.63) is 52.7 Å². The molecule has 0 radical (unpaired) electrons. The molecule has 0 spiro atoms. The summed E-state index contributed by atoms with van der Waals surface area (Å²) < 4.78 is 35.9. The molecule has 9 heteroatoms. The number of aromatic nitrogens is 3. The van der Waals surface area contributed by atoms with Crippen LogP contribution in [0.3, 0.4) is 0 Å². The molecule has 0 aliphatic heterocycles. The van der Waals surface area contributed by atoms with Crippen LogP contribution in [0, 0.1) is 0 Å². The van der Waals surface area contributed by atoms with Crippen molar-refractivity contribution in [2.45, 2.75) is 31.7 Å². The third-order valence-electron chi connectivity index (χ3n) is 4.03. The van der Waals surface area contributed by atoms with Crippen LogP contribution in [-0.2, 0) is 23.0 Å². The topological polar surface area (TPSA) is 94.7 Å². The number of nitrogens with one attached hydrogen (secondary N) is 1. The van der Waals surface area contributed by atoms with Crippen LogP contribution in [0.5, 0.6) is 5.75 Å². The predicted octanol–water partition coefficient (Wildman–Crippen LogP) is 1.89. The summed E-state index contributed by atoms with van der Waals surface area (Å²) in [6.45, 7) is 4.13. The average Bonchev–Trinajstić information content (AvgIpc) is 3.09. The third-order valence-corrected chi connectivity index (χ3v) is 5.38. The Morgan fingerprint density at radius 3 is 2.46 bits per heavy atom. The molecule has 1 aromatic carbocycles. The van der Waals surface area contributed by atoms with Crippen LogP contribution in [0.15, 0.2) is 46.2 Å². The zero-order valence-corrected chi connectivity index (χ0v) is 15.6. The number of anilines is 1. The molecular formula is C17H20N4O4S. The highest BCUT2D eigenvalue weighted by atomic mass is 32.2. The first kappa shape index (κ1) is 18.0. The maximum atomic E-state index is 12.7. The zero-order valence-electron chi connectivity index (χ0n) is 14.8. The number of benzene rings is 1. The molecule has 0 fully saturated rings. The second kappa shape index (κ2) is 6.83. The molecule has 0 bridgehead atoms. The molecule has 0 aliphatic rings. The highest BCUT2D eigenvalue weighted by Crippen LogP contribution is 2.21. The maximum absolute atomic E-state index is 12.7. The van der Waals surface area contributed by atoms with Crippen molar-refractivity contribution in [3.63, 3.8) is 0 Å². The second-order valence-corrected chi connectivity index (χ2v) is 7.34. The van der Waals surface area contributed by atoms with E-state index in [0.29, 0.717) is 30.2 Å². The van der Waals surface area contributed by atoms with E-state index in [1.54, 1.807) is 24.3 Å². The Hall–Kier alpha value is -2.81. The number of nitrogens with zero attached hydrogens (tertiary/aromatic N) is 3. The van der Waals surface area contributed by atoms with E-state index in [9.17, 15) is 13.2 Å². The SMILES string of the molecule is CCc1nn(CC)c(=O)c2cc(S(=O)(=O)Nc3ccc(OC)cc3)cn12. The Bertz CT molecular complexity index is 1100. The Balaban J connectivity index is 2.05. The van der Waals surface area contributed by atoms with Crippen LogP contribution in [0.2, 0.25) is 0 Å². The van der Waals surface area contributed by atoms with Crippen molar-refractivity contribution in [2.24, 2.45) is 0 Å². The maximum Gasteiger partial charge on any atom is 0.291 e. The monoisotopic (exact) mass is 376 g/mol. The zero-order chi connectivity index (χ0) is 18.9. The first-order valence-corrected chi connectivity index (χ1v) is 9.67. The van der Waals surface area contributed by atoms with E-state index in [4.69, 9.17) is 4.74 Å². The fourth-order valence-corrected chi connectivity index (χ4v) is 3.73. The number of ether oxygens (including phenoxy) is 1. The highest BCUT2D eigenvalue weighted by Gasteiger charge is 2.20. The van der Waals surface area contributed by atoms with E-state index in [1.165, 1.54) is 28.5 Å². The minimum atomic E-state index is -3.84. The fourth-order valence-electron chi connectivity index (χ4n) is 2.66. The van der Waals surface area contributed by atoms with Gasteiger partial charge in [-0.2, -0.15) is 5.10 Å². The second-order valence-electron chi connectivity index (χ2n) is 5.66. The van der Waals surface area contributed by atoms with E-state index in [0.717, 1.165) is 0 Å². The molecular weight excluding hydrogens is 356 g/mol. The lowest BCUT2D eigenvalue weighted by Crippen LogP contribution is -2.26. The number of rotatable bonds is 6. The van der Waals surface area contributed by atoms with Crippen LogP contribution < -0.4 is 15.0 Å². The summed E-state index contributed by atoms with van der Waals surface area (Å²) in [5.41, 5.74) is 0.366. The van der Waals surface area contributed by atoms with E-state index in [-0.39, 0.29) is 16.0 Å². The van der Waals surface area contributed by atoms with Crippen LogP contribution in [0.25, 0.3) is 5.52 Å². The van der Waals surface area contributed by atoms with Gasteiger partial charge in [-0.3, -0.25) is 13.9 Å². The molecule has 8 nitrogen and oxygen atoms in total. The van der Waals surface area contributed by atoms with Gasteiger partial charge in [-0.1, -0.05) is 6.92 Å². The highest BCUT2D eigenvalue weighted by molar-refractivity contribution is 7.92. The molecule has 138 valence electrons. The summed E-state index contributed by atoms with van der Waals surface area (Å²) in [6, 6.07) is 7.91. The van der Waals surface area contributed by atoms with Gasteiger partial charge in [0, 0.05) is 24.8 Å². The molecule has 26 heavy (non-hydrogen) atoms. The van der Waals surface area contributed by atoms with Gasteiger partial charge in [-0.05, 0) is 37.3 Å². The molecule has 0 saturated heterocycles. The van der Waals surface area contributed by atoms with Crippen LogP contribution >= 0.6 is 0 Å². The van der Waals surface area contributed by atoms with E-state index >= 15 is 0 Å². The van der Waals surface area contributed by atoms with Gasteiger partial charge >= 0.3 is 0 Å². The Morgan fingerprint density at radius 2 is 1.88 bits per heavy atom. The molecule has 3 rings (SSSR count). The fraction of sp³-hybridized carbons (Fsp3) is 0.294. The molecule has 0 aliphatic carbocycles. The van der Waals surface area contributed by atoms with Crippen LogP contribution in [0.1, 0.15) is 19.7 Å². The molecule has 0 saturated carbocycles. The lowest BCUT2D eigenvalue weighted by atomic mass is 10.3. The average molecular weight is 376 g/mol. The number of aryl methyl sites for hydroxylation is 2. The van der Waals surface area contributed by atoms with Gasteiger partial charge in [0.25, 0.3) is 15.6 Å². The smallest absolute Gasteiger partial charge is 0.291 e. The summed E-state index contributed by atoms with van der Waals surface area (Å²) in [4.78, 5) is 12.5. The van der Waals surface area contributed by atoms with Crippen molar-refractivity contribution in [2.75, 3.05) is 11.8 Å². The van der Waals surface area contributed by atoms with Crippen molar-refractivity contribution in [1.29, 1.82) is 0 Å². The molecule has 2 aromatic heterocycles. The third kappa shape index (κ3) is 3.17. The molecule has 3 aromatic rings. The summed E-state index contributed by atoms with van der Waals surface area (Å²) >= 11 is 0. The van der Waals surface area contributed by atoms with Crippen molar-refractivity contribution in [3.8, 4) is 5.75 Å². The first-order chi connectivity index (χ1) is 12.4. The molecule has 2 heterocycles. The molecule has 1 N–H and O–H groups in total. The first-order valence-electron chi connectivity index (χ1n) is 8.18. The minimum absolute atomic E-state index is 0.00997. The Morgan fingerprint density at radius 1 is 1.19 bits per heavy atom. The Kier molecular flexibility index (Phi) is 4.73. The standard InChI is InChI=1S/C17H20N4O4S/c1-4-16-18-21(5-2)17(22)15-10-14(11-20(15)16)26(23,24)19-12-6-8-13(25-3)9-7-12/h6-11,19H,4-5H2,1-3H3. The van der Waals surface area contributed by atoms with Crippen LogP contribution in [0.4, 0.5) is 5.69 Å². The molecule has 0 atom stereocenters. The van der Waals surface area contributed by atoms with E-state index in [1.807, 2.05) is 13.8 Å². The van der Waals surface area contributed by atoms with E-state index < -0.39 is 10.0 Å². The van der Waals surface area contributed by atoms with Crippen LogP contribution in [-0.4, -0.2) is 29.7 Å².